The normalized spacial score (nSPS) is 12.1. The number of hydrogen-bond acceptors (Lipinski definition) is 17. The molecule has 4 aliphatic rings. The highest BCUT2D eigenvalue weighted by atomic mass is 35.5. The summed E-state index contributed by atoms with van der Waals surface area (Å²) in [7, 11) is 0. The van der Waals surface area contributed by atoms with E-state index < -0.39 is 0 Å². The van der Waals surface area contributed by atoms with Gasteiger partial charge < -0.3 is 45.6 Å². The topological polar surface area (TPSA) is 292 Å². The van der Waals surface area contributed by atoms with Crippen molar-refractivity contribution in [1.29, 1.82) is 0 Å². The van der Waals surface area contributed by atoms with Crippen LogP contribution in [-0.4, -0.2) is 64.8 Å². The third kappa shape index (κ3) is 21.6. The van der Waals surface area contributed by atoms with Gasteiger partial charge in [-0.15, -0.1) is 0 Å². The van der Waals surface area contributed by atoms with Gasteiger partial charge in [0, 0.05) is 176 Å². The Morgan fingerprint density at radius 3 is 1.09 bits per heavy atom. The predicted octanol–water partition coefficient (Wildman–Crippen LogP) is 30.3. The average molecular weight is 1990 g/mol. The number of allylic oxidation sites excluding steroid dienone is 4. The molecule has 21 nitrogen and oxygen atoms in total. The van der Waals surface area contributed by atoms with Crippen molar-refractivity contribution in [3.63, 3.8) is 0 Å². The number of aromatic amines is 4. The molecule has 0 fully saturated rings. The molecule has 4 aliphatic heterocycles. The van der Waals surface area contributed by atoms with Crippen LogP contribution in [0.2, 0.25) is 10.0 Å². The van der Waals surface area contributed by atoms with E-state index in [1.54, 1.807) is 31.0 Å². The first-order chi connectivity index (χ1) is 73.2. The highest BCUT2D eigenvalue weighted by molar-refractivity contribution is 6.31. The maximum atomic E-state index is 12.3. The first-order valence-electron chi connectivity index (χ1n) is 48.3. The molecule has 23 heteroatoms. The van der Waals surface area contributed by atoms with Gasteiger partial charge in [0.25, 0.3) is 0 Å². The Hall–Kier alpha value is -19.7. The van der Waals surface area contributed by atoms with E-state index in [0.29, 0.717) is 43.6 Å². The Morgan fingerprint density at radius 2 is 0.660 bits per heavy atom. The Labute approximate surface area is 872 Å². The lowest BCUT2D eigenvalue weighted by atomic mass is 9.96. The van der Waals surface area contributed by atoms with Gasteiger partial charge in [-0.05, 0) is 230 Å². The molecule has 0 radical (unpaired) electrons. The number of H-pyrrole nitrogens is 4. The zero-order valence-corrected chi connectivity index (χ0v) is 83.0. The van der Waals surface area contributed by atoms with Crippen LogP contribution in [0.1, 0.15) is 39.4 Å². The molecule has 13 aromatic heterocycles. The van der Waals surface area contributed by atoms with Gasteiger partial charge >= 0.3 is 5.69 Å². The first kappa shape index (κ1) is 96.4. The largest absolute Gasteiger partial charge is 0.460 e. The molecular formula is C127H93Cl2N17O4. The Kier molecular flexibility index (Phi) is 27.7. The van der Waals surface area contributed by atoms with Crippen LogP contribution >= 0.6 is 23.2 Å². The Balaban J connectivity index is 0.000000105. The number of aryl methyl sites for hydroxylation is 3. The third-order valence-electron chi connectivity index (χ3n) is 25.3. The second-order valence-corrected chi connectivity index (χ2v) is 36.7. The van der Waals surface area contributed by atoms with Gasteiger partial charge in [-0.1, -0.05) is 244 Å². The number of fused-ring (bicyclic) bond motifs is 8. The second-order valence-electron chi connectivity index (χ2n) is 35.9. The summed E-state index contributed by atoms with van der Waals surface area (Å²) >= 11 is 12.4. The molecular weight excluding hydrogens is 1900 g/mol. The number of furan rings is 1. The average Bonchev–Trinajstić information content (AvgIpc) is 0.856. The van der Waals surface area contributed by atoms with Crippen LogP contribution in [0.5, 0.6) is 0 Å². The minimum absolute atomic E-state index is 0.0564. The molecule has 9 aromatic carbocycles. The first-order valence-corrected chi connectivity index (χ1v) is 49.1. The summed E-state index contributed by atoms with van der Waals surface area (Å²) in [4.78, 5) is 89.8. The van der Waals surface area contributed by atoms with E-state index in [9.17, 15) is 14.4 Å². The fourth-order valence-corrected chi connectivity index (χ4v) is 18.6. The van der Waals surface area contributed by atoms with Crippen molar-refractivity contribution in [2.45, 2.75) is 20.8 Å². The van der Waals surface area contributed by atoms with Gasteiger partial charge in [-0.3, -0.25) is 24.5 Å². The molecule has 0 unspecified atom stereocenters. The molecule has 0 amide bonds. The van der Waals surface area contributed by atoms with E-state index in [2.05, 4.69) is 173 Å². The number of anilines is 4. The lowest BCUT2D eigenvalue weighted by molar-refractivity contribution is 0.547. The van der Waals surface area contributed by atoms with Gasteiger partial charge in [0.15, 0.2) is 16.6 Å². The highest BCUT2D eigenvalue weighted by Gasteiger charge is 2.25. The van der Waals surface area contributed by atoms with E-state index in [1.165, 1.54) is 12.1 Å². The lowest BCUT2D eigenvalue weighted by Crippen LogP contribution is -2.06. The zero-order chi connectivity index (χ0) is 103. The smallest absolute Gasteiger partial charge is 0.323 e. The molecule has 0 saturated carbocycles. The van der Waals surface area contributed by atoms with Crippen molar-refractivity contribution in [3.8, 4) is 135 Å². The van der Waals surface area contributed by atoms with E-state index in [-0.39, 0.29) is 16.5 Å². The summed E-state index contributed by atoms with van der Waals surface area (Å²) in [6.45, 7) is 21.8. The summed E-state index contributed by atoms with van der Waals surface area (Å²) in [6, 6.07) is 109. The van der Waals surface area contributed by atoms with Gasteiger partial charge in [0.05, 0.1) is 55.8 Å². The predicted molar refractivity (Wildman–Crippen MR) is 614 cm³/mol. The van der Waals surface area contributed by atoms with Crippen molar-refractivity contribution in [3.05, 3.63) is 518 Å². The van der Waals surface area contributed by atoms with Gasteiger partial charge in [0.2, 0.25) is 0 Å². The van der Waals surface area contributed by atoms with Crippen molar-refractivity contribution in [2.24, 2.45) is 0 Å². The van der Waals surface area contributed by atoms with Crippen LogP contribution < -0.4 is 37.8 Å². The van der Waals surface area contributed by atoms with Crippen molar-refractivity contribution in [1.82, 2.24) is 64.8 Å². The standard InChI is InChI=1S/C22H16N4O.C22H15N3O2.C22H19N3.C21H15ClN2.C20H13ClN2O.C20H15N3/c1-13-7-8-16-11-17(15-9-10-18-19(12-15)25-22(27)24-18)20(26-21(16)23-13)14-5-3-2-4-6-14;1-13-4-7-20(27-13)21-16(12-17-19(26)8-10-24-22(17)25-21)14-5-6-18-15(11-14)3-2-9-23-18;1-14-9-10-18-13-20(19-11-15(2)23-16(3)12-19)21(25-22(18)24-14)17-7-5-4-6-8-17;1-14-10-11-17-13-19(16-8-5-9-18(22)12-16)20(24-21(17)23-14)15-6-3-2-4-7-15;21-15-8-4-7-14(11-15)16-12-17-18(24)9-10-22-20(17)23-19(16)13-5-2-1-3-6-13;1-14-7-8-17-13-18(15-9-11-21-12-10-15)19(23-20(17)22-14)16-5-3-2-4-6-16/h2-12H,1H2,(H,23,26)(H2,24,25,27);2-12H,1H3,(H,24,25,26);4-13H,1H2,2-3H3,(H,24,25);2-13H,1H2,(H,23,24);1-12H,(H,22,23,24);2-13H,1H2,(H,22,23). The van der Waals surface area contributed by atoms with Gasteiger partial charge in [-0.25, -0.2) is 34.7 Å². The van der Waals surface area contributed by atoms with Crippen LogP contribution in [0.15, 0.2) is 457 Å². The monoisotopic (exact) mass is 1990 g/mol. The van der Waals surface area contributed by atoms with Crippen molar-refractivity contribution in [2.75, 3.05) is 21.3 Å². The van der Waals surface area contributed by atoms with Crippen LogP contribution in [0.3, 0.4) is 0 Å². The van der Waals surface area contributed by atoms with E-state index in [1.807, 2.05) is 300 Å². The number of hydrogen-bond donors (Lipinski definition) is 8. The maximum Gasteiger partial charge on any atom is 0.323 e. The molecule has 22 aromatic rings. The molecule has 26 rings (SSSR count). The molecule has 150 heavy (non-hydrogen) atoms. The summed E-state index contributed by atoms with van der Waals surface area (Å²) in [6.07, 6.45) is 24.6. The molecule has 0 bridgehead atoms. The highest BCUT2D eigenvalue weighted by Crippen LogP contribution is 2.44. The van der Waals surface area contributed by atoms with Gasteiger partial charge in [-0.2, -0.15) is 0 Å². The molecule has 17 heterocycles. The van der Waals surface area contributed by atoms with Crippen molar-refractivity contribution < 1.29 is 4.42 Å². The molecule has 0 aliphatic carbocycles. The fraction of sp³-hybridized carbons (Fsp3) is 0.0236. The number of pyridine rings is 11. The second kappa shape index (κ2) is 43.0. The molecule has 724 valence electrons. The molecule has 0 atom stereocenters. The van der Waals surface area contributed by atoms with Crippen molar-refractivity contribution >= 4 is 115 Å². The maximum absolute atomic E-state index is 12.3. The molecule has 8 N–H and O–H groups in total. The number of rotatable bonds is 12. The third-order valence-corrected chi connectivity index (χ3v) is 25.7. The molecule has 0 saturated heterocycles. The summed E-state index contributed by atoms with van der Waals surface area (Å²) in [5, 5.41) is 16.5. The fourth-order valence-electron chi connectivity index (χ4n) is 18.2. The number of benzene rings is 9. The van der Waals surface area contributed by atoms with Crippen LogP contribution in [0.25, 0.3) is 203 Å². The minimum Gasteiger partial charge on any atom is -0.460 e. The van der Waals surface area contributed by atoms with Crippen LogP contribution in [0.4, 0.5) is 23.3 Å². The van der Waals surface area contributed by atoms with Crippen LogP contribution in [-0.2, 0) is 0 Å². The van der Waals surface area contributed by atoms with Gasteiger partial charge in [0.1, 0.15) is 46.0 Å². The number of imidazole rings is 1. The molecule has 0 spiro atoms. The number of nitrogens with one attached hydrogen (secondary N) is 8. The number of nitrogens with zero attached hydrogens (tertiary/aromatic N) is 9. The number of aromatic nitrogens is 13. The minimum atomic E-state index is -0.209. The number of halogens is 2. The SMILES string of the molecule is C=C1C=Cc2cc(-c3cc(C)nc(C)c3)c(-c3ccccc3)nc2N1.C=C1C=Cc2cc(-c3ccc4[nH]c(=O)[nH]c4c3)c(-c3ccccc3)nc2N1.C=C1C=Cc2cc(-c3cccc(Cl)c3)c(-c3ccccc3)nc2N1.C=C1C=Cc2cc(-c3ccncc3)c(-c3ccccc3)nc2N1.Cc1ccc(-c2nc3[nH]ccc(=O)c3cc2-c2ccc3ncccc3c2)o1.O=c1cc[nH]c2nc(-c3ccccc3)c(-c3cccc(Cl)c3)cc12. The van der Waals surface area contributed by atoms with Crippen LogP contribution in [0, 0.1) is 20.8 Å². The van der Waals surface area contributed by atoms with E-state index in [4.69, 9.17) is 57.5 Å². The lowest BCUT2D eigenvalue weighted by Gasteiger charge is -2.19. The van der Waals surface area contributed by atoms with E-state index >= 15 is 0 Å². The summed E-state index contributed by atoms with van der Waals surface area (Å²) in [5.74, 6) is 4.78. The Bertz CT molecular complexity index is 9350. The summed E-state index contributed by atoms with van der Waals surface area (Å²) < 4.78 is 5.83. The summed E-state index contributed by atoms with van der Waals surface area (Å²) in [5.41, 5.74) is 35.4. The Morgan fingerprint density at radius 1 is 0.287 bits per heavy atom. The van der Waals surface area contributed by atoms with E-state index in [0.717, 1.165) is 230 Å². The quantitative estimate of drug-likeness (QED) is 0.0564. The zero-order valence-electron chi connectivity index (χ0n) is 81.5.